The van der Waals surface area contributed by atoms with E-state index in [2.05, 4.69) is 10.6 Å². The Morgan fingerprint density at radius 3 is 2.70 bits per heavy atom. The van der Waals surface area contributed by atoms with E-state index in [0.29, 0.717) is 28.4 Å². The molecule has 0 saturated heterocycles. The van der Waals surface area contributed by atoms with Gasteiger partial charge in [0, 0.05) is 24.8 Å². The van der Waals surface area contributed by atoms with E-state index in [1.807, 2.05) is 0 Å². The summed E-state index contributed by atoms with van der Waals surface area (Å²) in [7, 11) is 1.54. The maximum absolute atomic E-state index is 13.5. The number of carbonyl (C=O) groups is 1. The molecule has 0 aliphatic heterocycles. The highest BCUT2D eigenvalue weighted by atomic mass is 35.5. The van der Waals surface area contributed by atoms with Crippen molar-refractivity contribution in [1.82, 2.24) is 5.32 Å². The lowest BCUT2D eigenvalue weighted by Crippen LogP contribution is -2.18. The number of rotatable bonds is 4. The molecule has 0 saturated carbocycles. The third kappa shape index (κ3) is 3.27. The van der Waals surface area contributed by atoms with Crippen molar-refractivity contribution in [2.75, 3.05) is 12.4 Å². The fourth-order valence-electron chi connectivity index (χ4n) is 1.78. The molecule has 104 valence electrons. The summed E-state index contributed by atoms with van der Waals surface area (Å²) in [6.45, 7) is 0.335. The van der Waals surface area contributed by atoms with Gasteiger partial charge < -0.3 is 10.6 Å². The SMILES string of the molecule is CNC(=O)c1cc(NCc2ccccc2F)ccc1Cl. The van der Waals surface area contributed by atoms with Crippen molar-refractivity contribution in [3.63, 3.8) is 0 Å². The molecule has 0 radical (unpaired) electrons. The molecule has 0 aliphatic rings. The Bertz CT molecular complexity index is 631. The van der Waals surface area contributed by atoms with Gasteiger partial charge in [-0.2, -0.15) is 0 Å². The van der Waals surface area contributed by atoms with Gasteiger partial charge in [0.15, 0.2) is 0 Å². The highest BCUT2D eigenvalue weighted by molar-refractivity contribution is 6.34. The molecule has 0 bridgehead atoms. The average Bonchev–Trinajstić information content (AvgIpc) is 2.47. The van der Waals surface area contributed by atoms with Crippen LogP contribution >= 0.6 is 11.6 Å². The molecule has 2 aromatic carbocycles. The number of nitrogens with one attached hydrogen (secondary N) is 2. The first kappa shape index (κ1) is 14.3. The Hall–Kier alpha value is -2.07. The molecule has 2 N–H and O–H groups in total. The van der Waals surface area contributed by atoms with Gasteiger partial charge in [0.05, 0.1) is 10.6 Å². The van der Waals surface area contributed by atoms with Gasteiger partial charge in [0.2, 0.25) is 0 Å². The normalized spacial score (nSPS) is 10.2. The smallest absolute Gasteiger partial charge is 0.252 e. The standard InChI is InChI=1S/C15H14ClFN2O/c1-18-15(20)12-8-11(6-7-13(12)16)19-9-10-4-2-3-5-14(10)17/h2-8,19H,9H2,1H3,(H,18,20). The van der Waals surface area contributed by atoms with Crippen LogP contribution in [-0.4, -0.2) is 13.0 Å². The minimum atomic E-state index is -0.263. The molecule has 5 heteroatoms. The maximum Gasteiger partial charge on any atom is 0.252 e. The van der Waals surface area contributed by atoms with Crippen molar-refractivity contribution >= 4 is 23.2 Å². The summed E-state index contributed by atoms with van der Waals surface area (Å²) < 4.78 is 13.5. The van der Waals surface area contributed by atoms with Crippen LogP contribution in [0.15, 0.2) is 42.5 Å². The molecule has 3 nitrogen and oxygen atoms in total. The molecule has 0 fully saturated rings. The van der Waals surface area contributed by atoms with E-state index in [1.165, 1.54) is 13.1 Å². The molecule has 1 amide bonds. The summed E-state index contributed by atoms with van der Waals surface area (Å²) in [5.41, 5.74) is 1.65. The Balaban J connectivity index is 2.14. The molecule has 0 heterocycles. The van der Waals surface area contributed by atoms with Crippen LogP contribution in [-0.2, 0) is 6.54 Å². The maximum atomic E-state index is 13.5. The summed E-state index contributed by atoms with van der Waals surface area (Å²) in [6, 6.07) is 11.6. The van der Waals surface area contributed by atoms with Gasteiger partial charge in [-0.05, 0) is 24.3 Å². The number of benzene rings is 2. The van der Waals surface area contributed by atoms with Crippen LogP contribution < -0.4 is 10.6 Å². The first-order chi connectivity index (χ1) is 9.61. The van der Waals surface area contributed by atoms with E-state index in [9.17, 15) is 9.18 Å². The van der Waals surface area contributed by atoms with Crippen LogP contribution in [0.5, 0.6) is 0 Å². The molecule has 0 aliphatic carbocycles. The lowest BCUT2D eigenvalue weighted by molar-refractivity contribution is 0.0963. The van der Waals surface area contributed by atoms with Crippen molar-refractivity contribution < 1.29 is 9.18 Å². The lowest BCUT2D eigenvalue weighted by atomic mass is 10.1. The zero-order chi connectivity index (χ0) is 14.5. The van der Waals surface area contributed by atoms with E-state index in [1.54, 1.807) is 36.4 Å². The number of anilines is 1. The van der Waals surface area contributed by atoms with Gasteiger partial charge in [0.1, 0.15) is 5.82 Å². The first-order valence-corrected chi connectivity index (χ1v) is 6.48. The second-order valence-corrected chi connectivity index (χ2v) is 4.63. The van der Waals surface area contributed by atoms with Crippen LogP contribution in [0.1, 0.15) is 15.9 Å². The van der Waals surface area contributed by atoms with E-state index < -0.39 is 0 Å². The molecular formula is C15H14ClFN2O. The number of amides is 1. The Morgan fingerprint density at radius 2 is 2.00 bits per heavy atom. The summed E-state index contributed by atoms with van der Waals surface area (Å²) in [5, 5.41) is 5.97. The largest absolute Gasteiger partial charge is 0.381 e. The van der Waals surface area contributed by atoms with E-state index >= 15 is 0 Å². The molecule has 0 atom stereocenters. The van der Waals surface area contributed by atoms with Gasteiger partial charge in [-0.1, -0.05) is 29.8 Å². The number of hydrogen-bond acceptors (Lipinski definition) is 2. The number of carbonyl (C=O) groups excluding carboxylic acids is 1. The molecule has 2 aromatic rings. The monoisotopic (exact) mass is 292 g/mol. The highest BCUT2D eigenvalue weighted by Gasteiger charge is 2.09. The average molecular weight is 293 g/mol. The summed E-state index contributed by atoms with van der Waals surface area (Å²) in [4.78, 5) is 11.6. The van der Waals surface area contributed by atoms with Crippen LogP contribution in [0.3, 0.4) is 0 Å². The Labute approximate surface area is 121 Å². The third-order valence-electron chi connectivity index (χ3n) is 2.88. The first-order valence-electron chi connectivity index (χ1n) is 6.10. The van der Waals surface area contributed by atoms with E-state index in [0.717, 1.165) is 0 Å². The minimum Gasteiger partial charge on any atom is -0.381 e. The van der Waals surface area contributed by atoms with E-state index in [4.69, 9.17) is 11.6 Å². The summed E-state index contributed by atoms with van der Waals surface area (Å²) in [5.74, 6) is -0.523. The van der Waals surface area contributed by atoms with E-state index in [-0.39, 0.29) is 11.7 Å². The van der Waals surface area contributed by atoms with Crippen LogP contribution in [0.2, 0.25) is 5.02 Å². The molecule has 0 aromatic heterocycles. The van der Waals surface area contributed by atoms with Crippen LogP contribution in [0, 0.1) is 5.82 Å². The lowest BCUT2D eigenvalue weighted by Gasteiger charge is -2.10. The van der Waals surface area contributed by atoms with Crippen molar-refractivity contribution in [3.8, 4) is 0 Å². The van der Waals surface area contributed by atoms with Crippen LogP contribution in [0.4, 0.5) is 10.1 Å². The van der Waals surface area contributed by atoms with Crippen molar-refractivity contribution in [3.05, 3.63) is 64.4 Å². The minimum absolute atomic E-state index is 0.260. The number of hydrogen-bond donors (Lipinski definition) is 2. The van der Waals surface area contributed by atoms with Crippen molar-refractivity contribution in [2.24, 2.45) is 0 Å². The van der Waals surface area contributed by atoms with Crippen molar-refractivity contribution in [1.29, 1.82) is 0 Å². The quantitative estimate of drug-likeness (QED) is 0.906. The van der Waals surface area contributed by atoms with Gasteiger partial charge in [-0.15, -0.1) is 0 Å². The second-order valence-electron chi connectivity index (χ2n) is 4.22. The fourth-order valence-corrected chi connectivity index (χ4v) is 1.99. The zero-order valence-corrected chi connectivity index (χ0v) is 11.7. The molecule has 20 heavy (non-hydrogen) atoms. The third-order valence-corrected chi connectivity index (χ3v) is 3.21. The molecule has 0 spiro atoms. The Morgan fingerprint density at radius 1 is 1.25 bits per heavy atom. The van der Waals surface area contributed by atoms with Gasteiger partial charge in [0.25, 0.3) is 5.91 Å². The predicted molar refractivity (Wildman–Crippen MR) is 78.6 cm³/mol. The molecular weight excluding hydrogens is 279 g/mol. The topological polar surface area (TPSA) is 41.1 Å². The van der Waals surface area contributed by atoms with Crippen molar-refractivity contribution in [2.45, 2.75) is 6.54 Å². The zero-order valence-electron chi connectivity index (χ0n) is 10.9. The van der Waals surface area contributed by atoms with Gasteiger partial charge in [-0.25, -0.2) is 4.39 Å². The molecule has 0 unspecified atom stereocenters. The van der Waals surface area contributed by atoms with Crippen LogP contribution in [0.25, 0.3) is 0 Å². The highest BCUT2D eigenvalue weighted by Crippen LogP contribution is 2.21. The molecule has 2 rings (SSSR count). The summed E-state index contributed by atoms with van der Waals surface area (Å²) >= 11 is 5.96. The summed E-state index contributed by atoms with van der Waals surface area (Å²) in [6.07, 6.45) is 0. The predicted octanol–water partition coefficient (Wildman–Crippen LogP) is 3.45. The van der Waals surface area contributed by atoms with Gasteiger partial charge >= 0.3 is 0 Å². The Kier molecular flexibility index (Phi) is 4.58. The second kappa shape index (κ2) is 6.39. The fraction of sp³-hybridized carbons (Fsp3) is 0.133. The van der Waals surface area contributed by atoms with Gasteiger partial charge in [-0.3, -0.25) is 4.79 Å². The number of halogens is 2.